The molecule has 126 valence electrons. The molecule has 0 bridgehead atoms. The number of nitrogens with one attached hydrogen (secondary N) is 1. The molecule has 0 aliphatic heterocycles. The Bertz CT molecular complexity index is 866. The molecular weight excluding hydrogens is 342 g/mol. The van der Waals surface area contributed by atoms with Crippen molar-refractivity contribution in [3.8, 4) is 5.69 Å². The zero-order chi connectivity index (χ0) is 17.3. The van der Waals surface area contributed by atoms with Crippen LogP contribution >= 0.6 is 22.9 Å². The topological polar surface area (TPSA) is 46.9 Å². The van der Waals surface area contributed by atoms with Crippen molar-refractivity contribution < 1.29 is 4.79 Å². The smallest absolute Gasteiger partial charge is 0.261 e. The number of hydrogen-bond acceptors (Lipinski definition) is 3. The Labute approximate surface area is 150 Å². The lowest BCUT2D eigenvalue weighted by molar-refractivity contribution is 0.0942. The molecule has 1 N–H and O–H groups in total. The van der Waals surface area contributed by atoms with E-state index >= 15 is 0 Å². The van der Waals surface area contributed by atoms with E-state index in [1.807, 2.05) is 48.9 Å². The van der Waals surface area contributed by atoms with Crippen LogP contribution in [0.15, 0.2) is 30.3 Å². The van der Waals surface area contributed by atoms with Crippen LogP contribution < -0.4 is 5.32 Å². The molecule has 1 unspecified atom stereocenters. The van der Waals surface area contributed by atoms with Crippen LogP contribution in [-0.4, -0.2) is 21.7 Å². The van der Waals surface area contributed by atoms with E-state index in [9.17, 15) is 4.79 Å². The van der Waals surface area contributed by atoms with E-state index in [1.54, 1.807) is 0 Å². The molecule has 0 saturated heterocycles. The number of hydrogen-bond donors (Lipinski definition) is 1. The van der Waals surface area contributed by atoms with Crippen LogP contribution in [0.1, 0.15) is 42.1 Å². The van der Waals surface area contributed by atoms with Gasteiger partial charge in [0.05, 0.1) is 16.3 Å². The fourth-order valence-electron chi connectivity index (χ4n) is 2.72. The first-order valence-electron chi connectivity index (χ1n) is 8.05. The van der Waals surface area contributed by atoms with Gasteiger partial charge in [0.1, 0.15) is 4.83 Å². The lowest BCUT2D eigenvalue weighted by atomic mass is 10.2. The zero-order valence-electron chi connectivity index (χ0n) is 14.0. The second-order valence-corrected chi connectivity index (χ2v) is 7.43. The van der Waals surface area contributed by atoms with Crippen LogP contribution in [0.3, 0.4) is 0 Å². The standard InChI is InChI=1S/C18H20ClN3OS/c1-4-5-11(2)20-17(23)16-10-15-12(3)21-22(18(15)24-16)14-8-6-13(19)7-9-14/h6-11H,4-5H2,1-3H3,(H,20,23). The fourth-order valence-corrected chi connectivity index (χ4v) is 3.93. The van der Waals surface area contributed by atoms with Crippen molar-refractivity contribution in [1.82, 2.24) is 15.1 Å². The van der Waals surface area contributed by atoms with Crippen molar-refractivity contribution in [2.24, 2.45) is 0 Å². The lowest BCUT2D eigenvalue weighted by Gasteiger charge is -2.11. The van der Waals surface area contributed by atoms with E-state index in [-0.39, 0.29) is 11.9 Å². The molecule has 0 spiro atoms. The molecule has 2 aromatic heterocycles. The maximum Gasteiger partial charge on any atom is 0.261 e. The first-order chi connectivity index (χ1) is 11.5. The average Bonchev–Trinajstić information content (AvgIpc) is 3.09. The Morgan fingerprint density at radius 1 is 1.38 bits per heavy atom. The maximum absolute atomic E-state index is 12.5. The van der Waals surface area contributed by atoms with Gasteiger partial charge in [-0.05, 0) is 50.6 Å². The normalized spacial score (nSPS) is 12.5. The molecule has 3 aromatic rings. The summed E-state index contributed by atoms with van der Waals surface area (Å²) in [5, 5.41) is 9.36. The third kappa shape index (κ3) is 3.32. The van der Waals surface area contributed by atoms with Crippen LogP contribution in [0.5, 0.6) is 0 Å². The van der Waals surface area contributed by atoms with Gasteiger partial charge in [-0.2, -0.15) is 5.10 Å². The van der Waals surface area contributed by atoms with E-state index in [2.05, 4.69) is 17.3 Å². The largest absolute Gasteiger partial charge is 0.349 e. The molecule has 4 nitrogen and oxygen atoms in total. The predicted molar refractivity (Wildman–Crippen MR) is 101 cm³/mol. The summed E-state index contributed by atoms with van der Waals surface area (Å²) in [6.45, 7) is 6.12. The number of thiophene rings is 1. The minimum atomic E-state index is -0.0146. The van der Waals surface area contributed by atoms with E-state index < -0.39 is 0 Å². The third-order valence-corrected chi connectivity index (χ3v) is 5.30. The zero-order valence-corrected chi connectivity index (χ0v) is 15.5. The van der Waals surface area contributed by atoms with Gasteiger partial charge in [0, 0.05) is 16.5 Å². The number of nitrogens with zero attached hydrogens (tertiary/aromatic N) is 2. The highest BCUT2D eigenvalue weighted by Gasteiger charge is 2.18. The summed E-state index contributed by atoms with van der Waals surface area (Å²) in [6.07, 6.45) is 2.03. The number of benzene rings is 1. The number of carbonyl (C=O) groups excluding carboxylic acids is 1. The molecule has 1 aromatic carbocycles. The van der Waals surface area contributed by atoms with E-state index in [4.69, 9.17) is 11.6 Å². The number of fused-ring (bicyclic) bond motifs is 1. The molecule has 0 radical (unpaired) electrons. The summed E-state index contributed by atoms with van der Waals surface area (Å²) < 4.78 is 1.87. The van der Waals surface area contributed by atoms with Crippen molar-refractivity contribution in [2.75, 3.05) is 0 Å². The Morgan fingerprint density at radius 2 is 2.08 bits per heavy atom. The molecule has 0 fully saturated rings. The second-order valence-electron chi connectivity index (χ2n) is 5.97. The minimum absolute atomic E-state index is 0.0146. The van der Waals surface area contributed by atoms with Crippen molar-refractivity contribution in [2.45, 2.75) is 39.7 Å². The van der Waals surface area contributed by atoms with Crippen LogP contribution in [0.4, 0.5) is 0 Å². The molecule has 24 heavy (non-hydrogen) atoms. The second kappa shape index (κ2) is 6.95. The van der Waals surface area contributed by atoms with Gasteiger partial charge in [-0.15, -0.1) is 11.3 Å². The van der Waals surface area contributed by atoms with Crippen molar-refractivity contribution in [1.29, 1.82) is 0 Å². The molecule has 1 amide bonds. The fraction of sp³-hybridized carbons (Fsp3) is 0.333. The number of halogens is 1. The summed E-state index contributed by atoms with van der Waals surface area (Å²) >= 11 is 7.43. The summed E-state index contributed by atoms with van der Waals surface area (Å²) in [6, 6.07) is 9.65. The first kappa shape index (κ1) is 17.0. The summed E-state index contributed by atoms with van der Waals surface area (Å²) in [5.41, 5.74) is 1.85. The highest BCUT2D eigenvalue weighted by Crippen LogP contribution is 2.30. The van der Waals surface area contributed by atoms with E-state index in [1.165, 1.54) is 11.3 Å². The van der Waals surface area contributed by atoms with Gasteiger partial charge in [-0.3, -0.25) is 4.79 Å². The molecule has 0 saturated carbocycles. The minimum Gasteiger partial charge on any atom is -0.349 e. The van der Waals surface area contributed by atoms with Crippen molar-refractivity contribution in [3.63, 3.8) is 0 Å². The Kier molecular flexibility index (Phi) is 4.92. The van der Waals surface area contributed by atoms with Gasteiger partial charge in [-0.1, -0.05) is 24.9 Å². The Hall–Kier alpha value is -1.85. The summed E-state index contributed by atoms with van der Waals surface area (Å²) in [7, 11) is 0. The van der Waals surface area contributed by atoms with E-state index in [0.29, 0.717) is 5.02 Å². The molecule has 0 aliphatic carbocycles. The Morgan fingerprint density at radius 3 is 2.75 bits per heavy atom. The number of carbonyl (C=O) groups is 1. The highest BCUT2D eigenvalue weighted by atomic mass is 35.5. The van der Waals surface area contributed by atoms with Crippen molar-refractivity contribution >= 4 is 39.1 Å². The van der Waals surface area contributed by atoms with E-state index in [0.717, 1.165) is 39.3 Å². The highest BCUT2D eigenvalue weighted by molar-refractivity contribution is 7.20. The summed E-state index contributed by atoms with van der Waals surface area (Å²) in [4.78, 5) is 14.1. The number of amides is 1. The predicted octanol–water partition coefficient (Wildman–Crippen LogP) is 4.97. The van der Waals surface area contributed by atoms with Gasteiger partial charge < -0.3 is 5.32 Å². The first-order valence-corrected chi connectivity index (χ1v) is 9.25. The van der Waals surface area contributed by atoms with Crippen molar-refractivity contribution in [3.05, 3.63) is 45.9 Å². The molecule has 2 heterocycles. The third-order valence-electron chi connectivity index (χ3n) is 3.94. The van der Waals surface area contributed by atoms with Gasteiger partial charge in [0.15, 0.2) is 0 Å². The van der Waals surface area contributed by atoms with Crippen LogP contribution in [0.25, 0.3) is 15.9 Å². The van der Waals surface area contributed by atoms with Gasteiger partial charge in [0.25, 0.3) is 5.91 Å². The monoisotopic (exact) mass is 361 g/mol. The maximum atomic E-state index is 12.5. The Balaban J connectivity index is 1.95. The van der Waals surface area contributed by atoms with Crippen LogP contribution in [0.2, 0.25) is 5.02 Å². The van der Waals surface area contributed by atoms with Crippen LogP contribution in [-0.2, 0) is 0 Å². The van der Waals surface area contributed by atoms with Gasteiger partial charge >= 0.3 is 0 Å². The van der Waals surface area contributed by atoms with Gasteiger partial charge in [0.2, 0.25) is 0 Å². The number of aryl methyl sites for hydroxylation is 1. The number of rotatable bonds is 5. The molecule has 1 atom stereocenters. The molecule has 0 aliphatic rings. The average molecular weight is 362 g/mol. The lowest BCUT2D eigenvalue weighted by Crippen LogP contribution is -2.31. The quantitative estimate of drug-likeness (QED) is 0.697. The molecule has 3 rings (SSSR count). The molecule has 6 heteroatoms. The number of aromatic nitrogens is 2. The molecular formula is C18H20ClN3OS. The van der Waals surface area contributed by atoms with Gasteiger partial charge in [-0.25, -0.2) is 4.68 Å². The summed E-state index contributed by atoms with van der Waals surface area (Å²) in [5.74, 6) is -0.0146. The SMILES string of the molecule is CCCC(C)NC(=O)c1cc2c(C)nn(-c3ccc(Cl)cc3)c2s1. The van der Waals surface area contributed by atoms with Crippen LogP contribution in [0, 0.1) is 6.92 Å².